The third kappa shape index (κ3) is 4.70. The van der Waals surface area contributed by atoms with Crippen molar-refractivity contribution in [2.45, 2.75) is 5.41 Å². The molecule has 14 rings (SSSR count). The number of benzene rings is 10. The van der Waals surface area contributed by atoms with Gasteiger partial charge in [0.2, 0.25) is 0 Å². The fraction of sp³-hybridized carbons (Fsp3) is 0.0164. The number of anilines is 3. The third-order valence-corrected chi connectivity index (χ3v) is 13.9. The highest BCUT2D eigenvalue weighted by molar-refractivity contribution is 6.16. The van der Waals surface area contributed by atoms with E-state index in [4.69, 9.17) is 8.83 Å². The molecule has 1 spiro atoms. The van der Waals surface area contributed by atoms with Gasteiger partial charge in [-0.15, -0.1) is 0 Å². The summed E-state index contributed by atoms with van der Waals surface area (Å²) in [6, 6.07) is 81.7. The molecule has 12 aromatic rings. The normalized spacial score (nSPS) is 14.6. The summed E-state index contributed by atoms with van der Waals surface area (Å²) in [7, 11) is 0. The minimum atomic E-state index is -0.659. The Morgan fingerprint density at radius 3 is 1.70 bits per heavy atom. The Labute approximate surface area is 369 Å². The zero-order valence-electron chi connectivity index (χ0n) is 34.6. The largest absolute Gasteiger partial charge is 0.456 e. The number of furan rings is 2. The van der Waals surface area contributed by atoms with E-state index in [9.17, 15) is 0 Å². The van der Waals surface area contributed by atoms with Crippen LogP contribution in [-0.4, -0.2) is 0 Å². The Kier molecular flexibility index (Phi) is 7.32. The van der Waals surface area contributed by atoms with Crippen LogP contribution >= 0.6 is 0 Å². The van der Waals surface area contributed by atoms with Gasteiger partial charge in [-0.2, -0.15) is 0 Å². The Morgan fingerprint density at radius 2 is 0.891 bits per heavy atom. The second kappa shape index (κ2) is 13.3. The van der Waals surface area contributed by atoms with Crippen LogP contribution in [0.2, 0.25) is 0 Å². The highest BCUT2D eigenvalue weighted by Crippen LogP contribution is 2.63. The first-order chi connectivity index (χ1) is 31.8. The van der Waals surface area contributed by atoms with Crippen molar-refractivity contribution >= 4 is 60.9 Å². The molecule has 0 bridgehead atoms. The van der Waals surface area contributed by atoms with E-state index >= 15 is 0 Å². The summed E-state index contributed by atoms with van der Waals surface area (Å²) >= 11 is 0. The molecular weight excluding hydrogens is 779 g/mol. The summed E-state index contributed by atoms with van der Waals surface area (Å²) in [6.45, 7) is 0. The Bertz CT molecular complexity index is 3870. The van der Waals surface area contributed by atoms with Crippen LogP contribution in [-0.2, 0) is 5.41 Å². The van der Waals surface area contributed by atoms with Gasteiger partial charge in [-0.1, -0.05) is 182 Å². The third-order valence-electron chi connectivity index (χ3n) is 13.9. The minimum absolute atomic E-state index is 0.659. The second-order valence-electron chi connectivity index (χ2n) is 17.0. The van der Waals surface area contributed by atoms with Crippen molar-refractivity contribution in [1.29, 1.82) is 0 Å². The molecule has 10 aromatic carbocycles. The summed E-state index contributed by atoms with van der Waals surface area (Å²) in [5.41, 5.74) is 20.6. The van der Waals surface area contributed by atoms with Crippen molar-refractivity contribution in [3.63, 3.8) is 0 Å². The maximum absolute atomic E-state index is 6.85. The average Bonchev–Trinajstić information content (AvgIpc) is 4.01. The van der Waals surface area contributed by atoms with E-state index in [0.717, 1.165) is 72.1 Å². The molecule has 298 valence electrons. The fourth-order valence-corrected chi connectivity index (χ4v) is 11.4. The van der Waals surface area contributed by atoms with E-state index in [2.05, 4.69) is 223 Å². The lowest BCUT2D eigenvalue weighted by Gasteiger charge is -2.36. The van der Waals surface area contributed by atoms with Gasteiger partial charge in [0, 0.05) is 32.8 Å². The van der Waals surface area contributed by atoms with E-state index in [1.54, 1.807) is 0 Å². The van der Waals surface area contributed by atoms with Crippen molar-refractivity contribution < 1.29 is 8.83 Å². The summed E-state index contributed by atoms with van der Waals surface area (Å²) in [6.07, 6.45) is 0. The van der Waals surface area contributed by atoms with E-state index in [1.165, 1.54) is 55.6 Å². The number of para-hydroxylation sites is 4. The molecule has 1 atom stereocenters. The van der Waals surface area contributed by atoms with Crippen molar-refractivity contribution in [2.75, 3.05) is 4.90 Å². The first-order valence-corrected chi connectivity index (χ1v) is 22.0. The van der Waals surface area contributed by atoms with Crippen LogP contribution in [0.1, 0.15) is 22.3 Å². The minimum Gasteiger partial charge on any atom is -0.456 e. The summed E-state index contributed by atoms with van der Waals surface area (Å²) in [5.74, 6) is 0. The smallest absolute Gasteiger partial charge is 0.159 e. The number of hydrogen-bond acceptors (Lipinski definition) is 3. The van der Waals surface area contributed by atoms with Crippen molar-refractivity contribution in [2.24, 2.45) is 0 Å². The molecule has 0 aliphatic heterocycles. The lowest BCUT2D eigenvalue weighted by molar-refractivity contribution is 0.668. The molecule has 2 aliphatic rings. The molecule has 2 aliphatic carbocycles. The van der Waals surface area contributed by atoms with Crippen LogP contribution < -0.4 is 4.90 Å². The van der Waals surface area contributed by atoms with Crippen LogP contribution in [0.3, 0.4) is 0 Å². The zero-order valence-corrected chi connectivity index (χ0v) is 34.6. The average molecular weight is 816 g/mol. The molecule has 0 saturated heterocycles. The molecule has 0 saturated carbocycles. The van der Waals surface area contributed by atoms with Gasteiger partial charge >= 0.3 is 0 Å². The van der Waals surface area contributed by atoms with Gasteiger partial charge in [-0.05, 0) is 104 Å². The molecule has 3 heteroatoms. The van der Waals surface area contributed by atoms with Crippen molar-refractivity contribution in [3.8, 4) is 44.5 Å². The van der Waals surface area contributed by atoms with Gasteiger partial charge in [0.05, 0.1) is 16.8 Å². The molecular formula is C61H37NO2. The van der Waals surface area contributed by atoms with Crippen LogP contribution in [0, 0.1) is 0 Å². The standard InChI is InChI=1S/C61H37NO2/c1-2-17-38(18-3-1)40-19-8-13-29-53(40)62(54-30-16-26-45-44-23-9-14-31-55(44)64-60(45)54)39-33-34-51-48(37-39)42-21-5-4-20-41(42)43-22-6-11-27-49(43)61(51)50-28-12-7-24-46(50)58-52(61)35-36-57-59(58)47-25-10-15-32-56(47)63-57/h1-37H. The lowest BCUT2D eigenvalue weighted by Crippen LogP contribution is -2.29. The molecule has 0 radical (unpaired) electrons. The monoisotopic (exact) mass is 815 g/mol. The molecule has 2 heterocycles. The van der Waals surface area contributed by atoms with E-state index in [0.29, 0.717) is 0 Å². The van der Waals surface area contributed by atoms with Gasteiger partial charge < -0.3 is 13.7 Å². The molecule has 0 N–H and O–H groups in total. The van der Waals surface area contributed by atoms with Crippen molar-refractivity contribution in [1.82, 2.24) is 0 Å². The number of fused-ring (bicyclic) bond motifs is 19. The molecule has 1 unspecified atom stereocenters. The number of hydrogen-bond donors (Lipinski definition) is 0. The van der Waals surface area contributed by atoms with Gasteiger partial charge in [-0.25, -0.2) is 0 Å². The maximum Gasteiger partial charge on any atom is 0.159 e. The molecule has 2 aromatic heterocycles. The van der Waals surface area contributed by atoms with Gasteiger partial charge in [-0.3, -0.25) is 0 Å². The van der Waals surface area contributed by atoms with E-state index in [-0.39, 0.29) is 0 Å². The maximum atomic E-state index is 6.85. The van der Waals surface area contributed by atoms with Crippen LogP contribution in [0.4, 0.5) is 17.1 Å². The molecule has 64 heavy (non-hydrogen) atoms. The summed E-state index contributed by atoms with van der Waals surface area (Å²) < 4.78 is 13.4. The van der Waals surface area contributed by atoms with E-state index < -0.39 is 5.41 Å². The van der Waals surface area contributed by atoms with Gasteiger partial charge in [0.1, 0.15) is 16.7 Å². The van der Waals surface area contributed by atoms with Crippen LogP contribution in [0.15, 0.2) is 233 Å². The predicted octanol–water partition coefficient (Wildman–Crippen LogP) is 16.6. The van der Waals surface area contributed by atoms with Crippen molar-refractivity contribution in [3.05, 3.63) is 247 Å². The topological polar surface area (TPSA) is 29.5 Å². The highest BCUT2D eigenvalue weighted by atomic mass is 16.3. The Balaban J connectivity index is 1.12. The first-order valence-electron chi connectivity index (χ1n) is 22.0. The number of rotatable bonds is 4. The zero-order chi connectivity index (χ0) is 41.9. The van der Waals surface area contributed by atoms with Crippen LogP contribution in [0.25, 0.3) is 88.4 Å². The summed E-state index contributed by atoms with van der Waals surface area (Å²) in [5, 5.41) is 4.48. The Morgan fingerprint density at radius 1 is 0.328 bits per heavy atom. The molecule has 3 nitrogen and oxygen atoms in total. The van der Waals surface area contributed by atoms with Gasteiger partial charge in [0.25, 0.3) is 0 Å². The highest BCUT2D eigenvalue weighted by Gasteiger charge is 2.50. The van der Waals surface area contributed by atoms with E-state index in [1.807, 2.05) is 6.07 Å². The lowest BCUT2D eigenvalue weighted by atomic mass is 9.66. The fourth-order valence-electron chi connectivity index (χ4n) is 11.4. The quantitative estimate of drug-likeness (QED) is 0.177. The van der Waals surface area contributed by atoms with Gasteiger partial charge in [0.15, 0.2) is 5.58 Å². The summed E-state index contributed by atoms with van der Waals surface area (Å²) in [4.78, 5) is 2.42. The predicted molar refractivity (Wildman–Crippen MR) is 263 cm³/mol. The Hall–Kier alpha value is -8.40. The molecule has 0 fully saturated rings. The number of nitrogens with zero attached hydrogens (tertiary/aromatic N) is 1. The second-order valence-corrected chi connectivity index (χ2v) is 17.0. The first kappa shape index (κ1) is 35.2. The van der Waals surface area contributed by atoms with Crippen LogP contribution in [0.5, 0.6) is 0 Å². The SMILES string of the molecule is c1ccc(-c2ccccc2N(c2ccc3c(c2)-c2ccccc2-c2ccccc2C32c3ccccc3-c3c2ccc2oc4ccccc4c32)c2cccc3c2oc2ccccc23)cc1. The molecule has 0 amide bonds.